The van der Waals surface area contributed by atoms with Crippen LogP contribution in [0.25, 0.3) is 11.3 Å². The molecule has 1 saturated heterocycles. The van der Waals surface area contributed by atoms with Crippen LogP contribution in [0.4, 0.5) is 0 Å². The zero-order chi connectivity index (χ0) is 15.5. The molecule has 0 atom stereocenters. The number of carbonyl (C=O) groups is 1. The van der Waals surface area contributed by atoms with Crippen LogP contribution in [-0.2, 0) is 11.3 Å². The lowest BCUT2D eigenvalue weighted by Crippen LogP contribution is -2.35. The van der Waals surface area contributed by atoms with E-state index in [9.17, 15) is 4.79 Å². The van der Waals surface area contributed by atoms with Crippen LogP contribution < -0.4 is 0 Å². The summed E-state index contributed by atoms with van der Waals surface area (Å²) in [5, 5.41) is 13.0. The molecule has 0 saturated carbocycles. The van der Waals surface area contributed by atoms with E-state index >= 15 is 0 Å². The van der Waals surface area contributed by atoms with Gasteiger partial charge in [0.2, 0.25) is 0 Å². The van der Waals surface area contributed by atoms with E-state index in [-0.39, 0.29) is 5.69 Å². The summed E-state index contributed by atoms with van der Waals surface area (Å²) in [6.07, 6.45) is 0. The molecule has 6 nitrogen and oxygen atoms in total. The Labute approximate surface area is 132 Å². The topological polar surface area (TPSA) is 75.8 Å². The SMILES string of the molecule is O=C(O)c1cc(-c2ccc(CN3CCOCC3)c(Cl)c2)on1. The number of halogens is 1. The molecule has 0 spiro atoms. The first-order valence-corrected chi connectivity index (χ1v) is 7.30. The van der Waals surface area contributed by atoms with Crippen LogP contribution in [-0.4, -0.2) is 47.4 Å². The van der Waals surface area contributed by atoms with Gasteiger partial charge in [0.05, 0.1) is 13.2 Å². The van der Waals surface area contributed by atoms with Crippen LogP contribution in [0.2, 0.25) is 5.02 Å². The zero-order valence-corrected chi connectivity index (χ0v) is 12.5. The van der Waals surface area contributed by atoms with Gasteiger partial charge in [0, 0.05) is 36.3 Å². The highest BCUT2D eigenvalue weighted by Crippen LogP contribution is 2.27. The van der Waals surface area contributed by atoms with Crippen molar-refractivity contribution in [2.24, 2.45) is 0 Å². The van der Waals surface area contributed by atoms with E-state index in [0.29, 0.717) is 16.3 Å². The summed E-state index contributed by atoms with van der Waals surface area (Å²) in [4.78, 5) is 13.1. The van der Waals surface area contributed by atoms with Crippen molar-refractivity contribution < 1.29 is 19.2 Å². The van der Waals surface area contributed by atoms with E-state index in [1.165, 1.54) is 6.07 Å². The number of carboxylic acid groups (broad SMARTS) is 1. The highest BCUT2D eigenvalue weighted by molar-refractivity contribution is 6.31. The van der Waals surface area contributed by atoms with Gasteiger partial charge in [0.15, 0.2) is 11.5 Å². The van der Waals surface area contributed by atoms with Crippen molar-refractivity contribution in [1.82, 2.24) is 10.1 Å². The summed E-state index contributed by atoms with van der Waals surface area (Å²) in [5.74, 6) is -0.734. The fourth-order valence-corrected chi connectivity index (χ4v) is 2.58. The molecule has 0 bridgehead atoms. The number of nitrogens with zero attached hydrogens (tertiary/aromatic N) is 2. The molecular formula is C15H15ClN2O4. The normalized spacial score (nSPS) is 15.9. The Morgan fingerprint density at radius 3 is 2.73 bits per heavy atom. The third kappa shape index (κ3) is 3.30. The molecule has 0 radical (unpaired) electrons. The number of hydrogen-bond acceptors (Lipinski definition) is 5. The first-order chi connectivity index (χ1) is 10.6. The first kappa shape index (κ1) is 15.0. The van der Waals surface area contributed by atoms with Crippen molar-refractivity contribution >= 4 is 17.6 Å². The predicted octanol–water partition coefficient (Wildman–Crippen LogP) is 2.53. The molecule has 1 N–H and O–H groups in total. The molecule has 1 aromatic carbocycles. The number of hydrogen-bond donors (Lipinski definition) is 1. The highest BCUT2D eigenvalue weighted by atomic mass is 35.5. The minimum absolute atomic E-state index is 0.122. The Balaban J connectivity index is 1.77. The number of ether oxygens (including phenoxy) is 1. The lowest BCUT2D eigenvalue weighted by molar-refractivity contribution is 0.0342. The second kappa shape index (κ2) is 6.48. The van der Waals surface area contributed by atoms with E-state index in [1.807, 2.05) is 12.1 Å². The Hall–Kier alpha value is -1.89. The van der Waals surface area contributed by atoms with Gasteiger partial charge in [-0.15, -0.1) is 0 Å². The molecule has 1 aliphatic heterocycles. The van der Waals surface area contributed by atoms with Gasteiger partial charge in [0.1, 0.15) is 0 Å². The van der Waals surface area contributed by atoms with Gasteiger partial charge < -0.3 is 14.4 Å². The van der Waals surface area contributed by atoms with Gasteiger partial charge in [-0.1, -0.05) is 28.9 Å². The van der Waals surface area contributed by atoms with Crippen molar-refractivity contribution in [3.05, 3.63) is 40.5 Å². The molecule has 1 aromatic heterocycles. The Kier molecular flexibility index (Phi) is 4.42. The van der Waals surface area contributed by atoms with Crippen LogP contribution >= 0.6 is 11.6 Å². The van der Waals surface area contributed by atoms with E-state index in [0.717, 1.165) is 38.4 Å². The molecule has 2 aromatic rings. The molecule has 116 valence electrons. The number of aromatic carboxylic acids is 1. The number of benzene rings is 1. The lowest BCUT2D eigenvalue weighted by atomic mass is 10.1. The average molecular weight is 323 g/mol. The molecule has 1 fully saturated rings. The molecule has 22 heavy (non-hydrogen) atoms. The zero-order valence-electron chi connectivity index (χ0n) is 11.8. The van der Waals surface area contributed by atoms with E-state index < -0.39 is 5.97 Å². The van der Waals surface area contributed by atoms with Crippen LogP contribution in [0.15, 0.2) is 28.8 Å². The Morgan fingerprint density at radius 2 is 2.09 bits per heavy atom. The van der Waals surface area contributed by atoms with Crippen molar-refractivity contribution in [3.8, 4) is 11.3 Å². The van der Waals surface area contributed by atoms with Crippen LogP contribution in [0, 0.1) is 0 Å². The smallest absolute Gasteiger partial charge is 0.358 e. The summed E-state index contributed by atoms with van der Waals surface area (Å²) >= 11 is 6.33. The largest absolute Gasteiger partial charge is 0.476 e. The maximum absolute atomic E-state index is 10.8. The molecule has 2 heterocycles. The molecule has 0 amide bonds. The lowest BCUT2D eigenvalue weighted by Gasteiger charge is -2.26. The van der Waals surface area contributed by atoms with Gasteiger partial charge in [-0.05, 0) is 11.6 Å². The maximum Gasteiger partial charge on any atom is 0.358 e. The summed E-state index contributed by atoms with van der Waals surface area (Å²) in [6, 6.07) is 6.93. The maximum atomic E-state index is 10.8. The van der Waals surface area contributed by atoms with Crippen LogP contribution in [0.1, 0.15) is 16.1 Å². The number of carboxylic acids is 1. The fraction of sp³-hybridized carbons (Fsp3) is 0.333. The number of aromatic nitrogens is 1. The standard InChI is InChI=1S/C15H15ClN2O4/c16-12-7-10(14-8-13(15(19)20)17-22-14)1-2-11(12)9-18-3-5-21-6-4-18/h1-2,7-8H,3-6,9H2,(H,19,20). The molecule has 3 rings (SSSR count). The fourth-order valence-electron chi connectivity index (χ4n) is 2.34. The van der Waals surface area contributed by atoms with Crippen molar-refractivity contribution in [1.29, 1.82) is 0 Å². The summed E-state index contributed by atoms with van der Waals surface area (Å²) < 4.78 is 10.4. The minimum Gasteiger partial charge on any atom is -0.476 e. The predicted molar refractivity (Wildman–Crippen MR) is 80.0 cm³/mol. The monoisotopic (exact) mass is 322 g/mol. The van der Waals surface area contributed by atoms with Gasteiger partial charge in [-0.2, -0.15) is 0 Å². The third-order valence-electron chi connectivity index (χ3n) is 3.56. The van der Waals surface area contributed by atoms with E-state index in [4.69, 9.17) is 26.0 Å². The van der Waals surface area contributed by atoms with E-state index in [1.54, 1.807) is 6.07 Å². The Morgan fingerprint density at radius 1 is 1.32 bits per heavy atom. The molecule has 7 heteroatoms. The van der Waals surface area contributed by atoms with Crippen molar-refractivity contribution in [2.45, 2.75) is 6.54 Å². The molecular weight excluding hydrogens is 308 g/mol. The third-order valence-corrected chi connectivity index (χ3v) is 3.92. The van der Waals surface area contributed by atoms with Gasteiger partial charge in [-0.25, -0.2) is 4.79 Å². The summed E-state index contributed by atoms with van der Waals surface area (Å²) in [7, 11) is 0. The highest BCUT2D eigenvalue weighted by Gasteiger charge is 2.15. The number of rotatable bonds is 4. The summed E-state index contributed by atoms with van der Waals surface area (Å²) in [5.41, 5.74) is 1.60. The minimum atomic E-state index is -1.12. The number of morpholine rings is 1. The molecule has 1 aliphatic rings. The Bertz CT molecular complexity index is 680. The second-order valence-corrected chi connectivity index (χ2v) is 5.48. The quantitative estimate of drug-likeness (QED) is 0.932. The molecule has 0 aliphatic carbocycles. The van der Waals surface area contributed by atoms with Crippen LogP contribution in [0.3, 0.4) is 0 Å². The van der Waals surface area contributed by atoms with Crippen molar-refractivity contribution in [2.75, 3.05) is 26.3 Å². The van der Waals surface area contributed by atoms with Crippen molar-refractivity contribution in [3.63, 3.8) is 0 Å². The molecule has 0 unspecified atom stereocenters. The summed E-state index contributed by atoms with van der Waals surface area (Å²) in [6.45, 7) is 4.03. The van der Waals surface area contributed by atoms with Crippen LogP contribution in [0.5, 0.6) is 0 Å². The van der Waals surface area contributed by atoms with E-state index in [2.05, 4.69) is 10.1 Å². The first-order valence-electron chi connectivity index (χ1n) is 6.92. The van der Waals surface area contributed by atoms with Gasteiger partial charge in [-0.3, -0.25) is 4.90 Å². The average Bonchev–Trinajstić information content (AvgIpc) is 3.00. The van der Waals surface area contributed by atoms with Gasteiger partial charge >= 0.3 is 5.97 Å². The van der Waals surface area contributed by atoms with Gasteiger partial charge in [0.25, 0.3) is 0 Å². The second-order valence-electron chi connectivity index (χ2n) is 5.08.